The van der Waals surface area contributed by atoms with E-state index >= 15 is 0 Å². The van der Waals surface area contributed by atoms with E-state index < -0.39 is 0 Å². The van der Waals surface area contributed by atoms with Gasteiger partial charge in [0.1, 0.15) is 5.76 Å². The minimum Gasteiger partial charge on any atom is -0.468 e. The van der Waals surface area contributed by atoms with Gasteiger partial charge in [-0.3, -0.25) is 4.79 Å². The monoisotopic (exact) mass is 210 g/mol. The van der Waals surface area contributed by atoms with Gasteiger partial charge < -0.3 is 9.47 Å². The number of allylic oxidation sites excluding steroid dienone is 1. The molecule has 0 aromatic rings. The molecule has 1 atom stereocenters. The van der Waals surface area contributed by atoms with Crippen molar-refractivity contribution in [2.24, 2.45) is 0 Å². The molecule has 0 fully saturated rings. The van der Waals surface area contributed by atoms with Crippen molar-refractivity contribution >= 4 is 5.78 Å². The quantitative estimate of drug-likeness (QED) is 0.667. The molecule has 0 bridgehead atoms. The highest BCUT2D eigenvalue weighted by molar-refractivity contribution is 5.97. The maximum absolute atomic E-state index is 11.6. The van der Waals surface area contributed by atoms with Crippen molar-refractivity contribution in [2.45, 2.75) is 58.3 Å². The van der Waals surface area contributed by atoms with E-state index in [2.05, 4.69) is 0 Å². The number of hydrogen-bond donors (Lipinski definition) is 0. The summed E-state index contributed by atoms with van der Waals surface area (Å²) >= 11 is 0. The van der Waals surface area contributed by atoms with Crippen LogP contribution in [0.15, 0.2) is 11.3 Å². The molecule has 0 amide bonds. The summed E-state index contributed by atoms with van der Waals surface area (Å²) in [5.74, 6) is 1.12. The van der Waals surface area contributed by atoms with Gasteiger partial charge in [0.25, 0.3) is 0 Å². The Hall–Kier alpha value is -0.830. The van der Waals surface area contributed by atoms with Crippen molar-refractivity contribution in [3.8, 4) is 0 Å². The molecule has 0 aromatic carbocycles. The highest BCUT2D eigenvalue weighted by Gasteiger charge is 2.34. The molecule has 2 rings (SSSR count). The Bertz CT molecular complexity index is 309. The van der Waals surface area contributed by atoms with Crippen molar-refractivity contribution in [3.63, 3.8) is 0 Å². The summed E-state index contributed by atoms with van der Waals surface area (Å²) in [6.45, 7) is 5.99. The molecular formula is C12H18O3. The summed E-state index contributed by atoms with van der Waals surface area (Å²) in [6, 6.07) is 0. The number of ether oxygens (including phenoxy) is 2. The Balaban J connectivity index is 2.01. The number of rotatable bonds is 1. The zero-order chi connectivity index (χ0) is 11.1. The summed E-state index contributed by atoms with van der Waals surface area (Å²) in [5, 5.41) is 0. The molecule has 0 spiro atoms. The second-order valence-electron chi connectivity index (χ2n) is 5.16. The molecule has 15 heavy (non-hydrogen) atoms. The molecule has 0 radical (unpaired) electrons. The summed E-state index contributed by atoms with van der Waals surface area (Å²) < 4.78 is 11.4. The smallest absolute Gasteiger partial charge is 0.204 e. The molecule has 84 valence electrons. The Labute approximate surface area is 90.4 Å². The van der Waals surface area contributed by atoms with Gasteiger partial charge in [0.15, 0.2) is 5.78 Å². The van der Waals surface area contributed by atoms with Crippen LogP contribution >= 0.6 is 0 Å². The van der Waals surface area contributed by atoms with E-state index in [0.717, 1.165) is 24.2 Å². The van der Waals surface area contributed by atoms with Crippen LogP contribution in [0.5, 0.6) is 0 Å². The molecule has 2 aliphatic rings. The van der Waals surface area contributed by atoms with Gasteiger partial charge in [-0.2, -0.15) is 0 Å². The highest BCUT2D eigenvalue weighted by Crippen LogP contribution is 2.35. The minimum atomic E-state index is -0.253. The van der Waals surface area contributed by atoms with Gasteiger partial charge in [-0.25, -0.2) is 0 Å². The molecule has 3 heteroatoms. The average molecular weight is 210 g/mol. The molecule has 1 heterocycles. The number of carbonyl (C=O) groups is 1. The summed E-state index contributed by atoms with van der Waals surface area (Å²) in [5.41, 5.74) is 0.651. The number of Topliss-reactive ketones (excluding diaryl/α,β-unsaturated/α-hetero) is 1. The third-order valence-corrected chi connectivity index (χ3v) is 2.61. The van der Waals surface area contributed by atoms with Gasteiger partial charge in [0.2, 0.25) is 6.29 Å². The Morgan fingerprint density at radius 2 is 2.07 bits per heavy atom. The van der Waals surface area contributed by atoms with Crippen LogP contribution in [0.25, 0.3) is 0 Å². The predicted molar refractivity (Wildman–Crippen MR) is 56.2 cm³/mol. The van der Waals surface area contributed by atoms with Crippen LogP contribution in [0.3, 0.4) is 0 Å². The highest BCUT2D eigenvalue weighted by atomic mass is 16.7. The lowest BCUT2D eigenvalue weighted by molar-refractivity contribution is -0.165. The SMILES string of the molecule is CC(C)(C)OC1CC2=C(CCCC2=O)O1. The largest absolute Gasteiger partial charge is 0.468 e. The molecule has 1 aliphatic heterocycles. The first kappa shape index (κ1) is 10.7. The van der Waals surface area contributed by atoms with Crippen molar-refractivity contribution in [2.75, 3.05) is 0 Å². The van der Waals surface area contributed by atoms with Crippen molar-refractivity contribution in [3.05, 3.63) is 11.3 Å². The molecular weight excluding hydrogens is 192 g/mol. The Morgan fingerprint density at radius 1 is 1.33 bits per heavy atom. The Morgan fingerprint density at radius 3 is 2.67 bits per heavy atom. The van der Waals surface area contributed by atoms with Crippen LogP contribution in [0.4, 0.5) is 0 Å². The fourth-order valence-electron chi connectivity index (χ4n) is 2.05. The van der Waals surface area contributed by atoms with E-state index in [1.165, 1.54) is 0 Å². The molecule has 0 N–H and O–H groups in total. The average Bonchev–Trinajstić information content (AvgIpc) is 2.45. The zero-order valence-corrected chi connectivity index (χ0v) is 9.63. The van der Waals surface area contributed by atoms with Gasteiger partial charge in [0.05, 0.1) is 5.60 Å². The maximum Gasteiger partial charge on any atom is 0.204 e. The van der Waals surface area contributed by atoms with Crippen molar-refractivity contribution in [1.29, 1.82) is 0 Å². The normalized spacial score (nSPS) is 26.6. The minimum absolute atomic E-state index is 0.220. The third-order valence-electron chi connectivity index (χ3n) is 2.61. The summed E-state index contributed by atoms with van der Waals surface area (Å²) in [7, 11) is 0. The second kappa shape index (κ2) is 3.63. The van der Waals surface area contributed by atoms with Crippen LogP contribution in [0.1, 0.15) is 46.5 Å². The van der Waals surface area contributed by atoms with Crippen molar-refractivity contribution < 1.29 is 14.3 Å². The first-order chi connectivity index (χ1) is 6.96. The lowest BCUT2D eigenvalue weighted by Crippen LogP contribution is -2.27. The van der Waals surface area contributed by atoms with E-state index in [9.17, 15) is 4.79 Å². The van der Waals surface area contributed by atoms with Crippen LogP contribution in [0.2, 0.25) is 0 Å². The van der Waals surface area contributed by atoms with Gasteiger partial charge >= 0.3 is 0 Å². The van der Waals surface area contributed by atoms with Gasteiger partial charge in [-0.1, -0.05) is 0 Å². The van der Waals surface area contributed by atoms with E-state index in [-0.39, 0.29) is 17.7 Å². The molecule has 0 saturated heterocycles. The van der Waals surface area contributed by atoms with E-state index in [0.29, 0.717) is 12.8 Å². The van der Waals surface area contributed by atoms with Crippen molar-refractivity contribution in [1.82, 2.24) is 0 Å². The number of carbonyl (C=O) groups excluding carboxylic acids is 1. The van der Waals surface area contributed by atoms with Crippen LogP contribution in [0, 0.1) is 0 Å². The zero-order valence-electron chi connectivity index (χ0n) is 9.63. The molecule has 3 nitrogen and oxygen atoms in total. The topological polar surface area (TPSA) is 35.5 Å². The Kier molecular flexibility index (Phi) is 2.59. The summed E-state index contributed by atoms with van der Waals surface area (Å²) in [4.78, 5) is 11.6. The molecule has 0 saturated carbocycles. The van der Waals surface area contributed by atoms with Gasteiger partial charge in [-0.15, -0.1) is 0 Å². The number of hydrogen-bond acceptors (Lipinski definition) is 3. The predicted octanol–water partition coefficient (Wildman–Crippen LogP) is 2.56. The lowest BCUT2D eigenvalue weighted by atomic mass is 9.96. The molecule has 1 aliphatic carbocycles. The lowest BCUT2D eigenvalue weighted by Gasteiger charge is -2.24. The fourth-order valence-corrected chi connectivity index (χ4v) is 2.05. The van der Waals surface area contributed by atoms with Gasteiger partial charge in [0, 0.05) is 24.8 Å². The standard InChI is InChI=1S/C12H18O3/c1-12(2,3)15-11-7-8-9(13)5-4-6-10(8)14-11/h11H,4-7H2,1-3H3. The molecule has 0 aromatic heterocycles. The first-order valence-electron chi connectivity index (χ1n) is 5.55. The van der Waals surface area contributed by atoms with E-state index in [4.69, 9.17) is 9.47 Å². The first-order valence-corrected chi connectivity index (χ1v) is 5.55. The molecule has 1 unspecified atom stereocenters. The van der Waals surface area contributed by atoms with E-state index in [1.54, 1.807) is 0 Å². The fraction of sp³-hybridized carbons (Fsp3) is 0.750. The van der Waals surface area contributed by atoms with E-state index in [1.807, 2.05) is 20.8 Å². The van der Waals surface area contributed by atoms with Crippen LogP contribution in [-0.2, 0) is 14.3 Å². The second-order valence-corrected chi connectivity index (χ2v) is 5.16. The summed E-state index contributed by atoms with van der Waals surface area (Å²) in [6.07, 6.45) is 2.86. The number of ketones is 1. The van der Waals surface area contributed by atoms with Crippen LogP contribution < -0.4 is 0 Å². The maximum atomic E-state index is 11.6. The van der Waals surface area contributed by atoms with Gasteiger partial charge in [-0.05, 0) is 27.2 Å². The van der Waals surface area contributed by atoms with Crippen LogP contribution in [-0.4, -0.2) is 17.7 Å². The third kappa shape index (κ3) is 2.40.